The van der Waals surface area contributed by atoms with Crippen LogP contribution in [0.25, 0.3) is 0 Å². The topological polar surface area (TPSA) is 3.24 Å². The Balaban J connectivity index is 2.53. The summed E-state index contributed by atoms with van der Waals surface area (Å²) in [4.78, 5) is 0. The smallest absolute Gasteiger partial charge is 0.150 e. The molecule has 4 heteroatoms. The lowest BCUT2D eigenvalue weighted by molar-refractivity contribution is 0.575. The zero-order valence-electron chi connectivity index (χ0n) is 16.8. The lowest BCUT2D eigenvalue weighted by atomic mass is 10.3. The van der Waals surface area contributed by atoms with Crippen molar-refractivity contribution in [2.45, 2.75) is 51.9 Å². The van der Waals surface area contributed by atoms with Crippen LogP contribution in [0.15, 0.2) is 60.7 Å². The van der Waals surface area contributed by atoms with Gasteiger partial charge in [0.25, 0.3) is 0 Å². The molecule has 0 aliphatic rings. The van der Waals surface area contributed by atoms with E-state index in [0.29, 0.717) is 0 Å². The Morgan fingerprint density at radius 1 is 0.731 bits per heavy atom. The molecule has 0 aromatic heterocycles. The number of alkyl halides is 1. The second-order valence-electron chi connectivity index (χ2n) is 7.53. The van der Waals surface area contributed by atoms with E-state index >= 15 is 0 Å². The normalized spacial score (nSPS) is 16.2. The lowest BCUT2D eigenvalue weighted by Crippen LogP contribution is -2.73. The first kappa shape index (κ1) is 21.6. The third-order valence-electron chi connectivity index (χ3n) is 6.13. The highest BCUT2D eigenvalue weighted by molar-refractivity contribution is 9.09. The summed E-state index contributed by atoms with van der Waals surface area (Å²) in [5.74, 6) is 0. The first-order chi connectivity index (χ1) is 12.5. The molecule has 2 aromatic carbocycles. The van der Waals surface area contributed by atoms with Gasteiger partial charge in [-0.2, -0.15) is 0 Å². The van der Waals surface area contributed by atoms with Crippen molar-refractivity contribution in [1.29, 1.82) is 0 Å². The van der Waals surface area contributed by atoms with E-state index in [9.17, 15) is 0 Å². The van der Waals surface area contributed by atoms with Gasteiger partial charge in [-0.15, -0.1) is 0 Å². The number of hydrogen-bond donors (Lipinski definition) is 0. The van der Waals surface area contributed by atoms with E-state index < -0.39 is 16.5 Å². The maximum Gasteiger partial charge on any atom is 0.150 e. The monoisotopic (exact) mass is 447 g/mol. The third-order valence-corrected chi connectivity index (χ3v) is 18.4. The molecule has 0 spiro atoms. The van der Waals surface area contributed by atoms with Gasteiger partial charge in [-0.05, 0) is 41.8 Å². The summed E-state index contributed by atoms with van der Waals surface area (Å²) >= 11 is 3.63. The van der Waals surface area contributed by atoms with Crippen LogP contribution in [0.3, 0.4) is 0 Å². The first-order valence-corrected chi connectivity index (χ1v) is 16.4. The van der Waals surface area contributed by atoms with Gasteiger partial charge in [-0.1, -0.05) is 104 Å². The molecule has 0 fully saturated rings. The van der Waals surface area contributed by atoms with Gasteiger partial charge in [0, 0.05) is 5.33 Å². The Morgan fingerprint density at radius 2 is 1.15 bits per heavy atom. The van der Waals surface area contributed by atoms with E-state index in [4.69, 9.17) is 0 Å². The highest BCUT2D eigenvalue weighted by Crippen LogP contribution is 2.27. The quantitative estimate of drug-likeness (QED) is 0.265. The van der Waals surface area contributed by atoms with Crippen LogP contribution >= 0.6 is 15.9 Å². The molecule has 0 aliphatic carbocycles. The summed E-state index contributed by atoms with van der Waals surface area (Å²) in [5, 5.41) is 4.28. The standard InChI is InChI=1S/C22H34BrNSi2/c1-5-25(3,21-15-9-7-10-16-21)24(20-14-13-19-23)26(4,6-2)22-17-11-8-12-18-22/h7-12,15-18H,5-6,13-14,19-20H2,1-4H3. The summed E-state index contributed by atoms with van der Waals surface area (Å²) in [6, 6.07) is 25.2. The Labute approximate surface area is 171 Å². The molecule has 0 heterocycles. The van der Waals surface area contributed by atoms with E-state index in [-0.39, 0.29) is 0 Å². The minimum Gasteiger partial charge on any atom is -0.338 e. The Hall–Kier alpha value is -0.686. The zero-order chi connectivity index (χ0) is 19.0. The molecule has 0 saturated heterocycles. The number of rotatable bonds is 10. The molecular weight excluding hydrogens is 414 g/mol. The Kier molecular flexibility index (Phi) is 8.33. The fraction of sp³-hybridized carbons (Fsp3) is 0.455. The van der Waals surface area contributed by atoms with Crippen LogP contribution < -0.4 is 10.4 Å². The van der Waals surface area contributed by atoms with E-state index in [1.807, 2.05) is 0 Å². The summed E-state index contributed by atoms with van der Waals surface area (Å²) in [5.41, 5.74) is 0. The van der Waals surface area contributed by atoms with Crippen molar-refractivity contribution in [2.75, 3.05) is 11.9 Å². The molecule has 2 rings (SSSR count). The number of hydrogen-bond acceptors (Lipinski definition) is 1. The number of unbranched alkanes of at least 4 members (excludes halogenated alkanes) is 1. The van der Waals surface area contributed by atoms with E-state index in [0.717, 1.165) is 5.33 Å². The molecule has 0 amide bonds. The Morgan fingerprint density at radius 3 is 1.50 bits per heavy atom. The van der Waals surface area contributed by atoms with Crippen LogP contribution in [-0.2, 0) is 0 Å². The molecular formula is C22H34BrNSi2. The van der Waals surface area contributed by atoms with Gasteiger partial charge >= 0.3 is 0 Å². The van der Waals surface area contributed by atoms with Gasteiger partial charge in [0.2, 0.25) is 0 Å². The van der Waals surface area contributed by atoms with Crippen LogP contribution in [-0.4, -0.2) is 32.6 Å². The SMILES string of the molecule is CC[Si](C)(c1ccccc1)N(CCCCBr)[Si](C)(CC)c1ccccc1. The number of nitrogens with zero attached hydrogens (tertiary/aromatic N) is 1. The largest absolute Gasteiger partial charge is 0.338 e. The lowest BCUT2D eigenvalue weighted by Gasteiger charge is -2.50. The van der Waals surface area contributed by atoms with Gasteiger partial charge < -0.3 is 4.23 Å². The molecule has 0 aliphatic heterocycles. The predicted octanol–water partition coefficient (Wildman–Crippen LogP) is 5.47. The van der Waals surface area contributed by atoms with Crippen molar-refractivity contribution >= 4 is 42.8 Å². The van der Waals surface area contributed by atoms with Crippen molar-refractivity contribution in [3.05, 3.63) is 60.7 Å². The van der Waals surface area contributed by atoms with Crippen molar-refractivity contribution in [3.63, 3.8) is 0 Å². The summed E-state index contributed by atoms with van der Waals surface area (Å²) in [7, 11) is -3.48. The molecule has 2 unspecified atom stereocenters. The fourth-order valence-electron chi connectivity index (χ4n) is 4.10. The Bertz CT molecular complexity index is 598. The second-order valence-corrected chi connectivity index (χ2v) is 17.5. The summed E-state index contributed by atoms with van der Waals surface area (Å²) in [6.07, 6.45) is 2.53. The highest BCUT2D eigenvalue weighted by Gasteiger charge is 2.46. The molecule has 2 atom stereocenters. The highest BCUT2D eigenvalue weighted by atomic mass is 79.9. The van der Waals surface area contributed by atoms with Crippen molar-refractivity contribution in [3.8, 4) is 0 Å². The van der Waals surface area contributed by atoms with Crippen molar-refractivity contribution in [2.24, 2.45) is 0 Å². The average Bonchev–Trinajstić information content (AvgIpc) is 2.71. The average molecular weight is 449 g/mol. The molecule has 26 heavy (non-hydrogen) atoms. The van der Waals surface area contributed by atoms with Crippen LogP contribution in [0.5, 0.6) is 0 Å². The van der Waals surface area contributed by atoms with Crippen molar-refractivity contribution in [1.82, 2.24) is 4.23 Å². The summed E-state index contributed by atoms with van der Waals surface area (Å²) < 4.78 is 3.05. The molecule has 0 N–H and O–H groups in total. The molecule has 0 saturated carbocycles. The third kappa shape index (κ3) is 4.59. The number of benzene rings is 2. The van der Waals surface area contributed by atoms with Gasteiger partial charge in [0.1, 0.15) is 0 Å². The maximum atomic E-state index is 3.63. The second kappa shape index (κ2) is 10.0. The molecule has 1 nitrogen and oxygen atoms in total. The van der Waals surface area contributed by atoms with Gasteiger partial charge in [-0.3, -0.25) is 0 Å². The van der Waals surface area contributed by atoms with Crippen LogP contribution in [0.2, 0.25) is 25.2 Å². The first-order valence-electron chi connectivity index (χ1n) is 9.97. The minimum atomic E-state index is -1.74. The van der Waals surface area contributed by atoms with Gasteiger partial charge in [0.15, 0.2) is 16.5 Å². The zero-order valence-corrected chi connectivity index (χ0v) is 20.4. The van der Waals surface area contributed by atoms with Crippen LogP contribution in [0.4, 0.5) is 0 Å². The van der Waals surface area contributed by atoms with Gasteiger partial charge in [-0.25, -0.2) is 0 Å². The van der Waals surface area contributed by atoms with E-state index in [1.165, 1.54) is 31.5 Å². The molecule has 0 radical (unpaired) electrons. The number of halogens is 1. The minimum absolute atomic E-state index is 1.10. The van der Waals surface area contributed by atoms with Crippen LogP contribution in [0.1, 0.15) is 26.7 Å². The van der Waals surface area contributed by atoms with E-state index in [1.54, 1.807) is 10.4 Å². The van der Waals surface area contributed by atoms with E-state index in [2.05, 4.69) is 108 Å². The van der Waals surface area contributed by atoms with Gasteiger partial charge in [0.05, 0.1) is 0 Å². The summed E-state index contributed by atoms with van der Waals surface area (Å²) in [6.45, 7) is 11.2. The van der Waals surface area contributed by atoms with Crippen molar-refractivity contribution < 1.29 is 0 Å². The van der Waals surface area contributed by atoms with Crippen LogP contribution in [0, 0.1) is 0 Å². The fourth-order valence-corrected chi connectivity index (χ4v) is 15.9. The molecule has 2 aromatic rings. The molecule has 142 valence electrons. The molecule has 0 bridgehead atoms. The maximum absolute atomic E-state index is 3.63. The predicted molar refractivity (Wildman–Crippen MR) is 126 cm³/mol.